The number of hydrogen-bond acceptors (Lipinski definition) is 4. The zero-order valence-corrected chi connectivity index (χ0v) is 18.3. The van der Waals surface area contributed by atoms with Gasteiger partial charge >= 0.3 is 6.18 Å². The van der Waals surface area contributed by atoms with Crippen molar-refractivity contribution in [3.8, 4) is 5.69 Å². The van der Waals surface area contributed by atoms with Crippen LogP contribution in [-0.2, 0) is 10.9 Å². The molecule has 1 aliphatic rings. The van der Waals surface area contributed by atoms with E-state index in [-0.39, 0.29) is 11.9 Å². The fraction of sp³-hybridized carbons (Fsp3) is 0.304. The van der Waals surface area contributed by atoms with Gasteiger partial charge in [-0.25, -0.2) is 4.68 Å². The smallest absolute Gasteiger partial charge is 0.379 e. The molecule has 1 amide bonds. The maximum Gasteiger partial charge on any atom is 0.435 e. The topological polar surface area (TPSA) is 59.4 Å². The zero-order chi connectivity index (χ0) is 23.4. The van der Waals surface area contributed by atoms with Gasteiger partial charge in [-0.15, -0.1) is 0 Å². The Hall–Kier alpha value is -2.88. The average Bonchev–Trinajstić information content (AvgIpc) is 3.32. The molecule has 3 aromatic rings. The molecule has 1 unspecified atom stereocenters. The van der Waals surface area contributed by atoms with Crippen LogP contribution in [-0.4, -0.2) is 53.4 Å². The van der Waals surface area contributed by atoms with Gasteiger partial charge in [0.2, 0.25) is 0 Å². The molecule has 10 heteroatoms. The van der Waals surface area contributed by atoms with E-state index in [9.17, 15) is 18.0 Å². The number of carbonyl (C=O) groups is 1. The van der Waals surface area contributed by atoms with Crippen molar-refractivity contribution in [2.75, 3.05) is 32.8 Å². The lowest BCUT2D eigenvalue weighted by Gasteiger charge is -2.35. The Morgan fingerprint density at radius 2 is 1.79 bits per heavy atom. The van der Waals surface area contributed by atoms with Crippen LogP contribution in [0.3, 0.4) is 0 Å². The molecule has 0 saturated carbocycles. The number of benzene rings is 2. The number of ether oxygens (including phenoxy) is 1. The highest BCUT2D eigenvalue weighted by molar-refractivity contribution is 6.31. The lowest BCUT2D eigenvalue weighted by Crippen LogP contribution is -2.44. The lowest BCUT2D eigenvalue weighted by atomic mass is 10.0. The number of alkyl halides is 3. The number of nitrogens with zero attached hydrogens (tertiary/aromatic N) is 3. The van der Waals surface area contributed by atoms with E-state index < -0.39 is 11.9 Å². The van der Waals surface area contributed by atoms with Gasteiger partial charge in [0.05, 0.1) is 24.9 Å². The third-order valence-electron chi connectivity index (χ3n) is 5.48. The van der Waals surface area contributed by atoms with E-state index in [0.29, 0.717) is 36.0 Å². The molecule has 1 atom stereocenters. The van der Waals surface area contributed by atoms with Crippen LogP contribution in [0.25, 0.3) is 5.69 Å². The summed E-state index contributed by atoms with van der Waals surface area (Å²) in [4.78, 5) is 15.0. The highest BCUT2D eigenvalue weighted by atomic mass is 35.5. The molecule has 0 radical (unpaired) electrons. The first-order valence-electron chi connectivity index (χ1n) is 10.4. The molecule has 1 N–H and O–H groups in total. The average molecular weight is 479 g/mol. The summed E-state index contributed by atoms with van der Waals surface area (Å²) in [7, 11) is 0. The van der Waals surface area contributed by atoms with Gasteiger partial charge < -0.3 is 10.1 Å². The summed E-state index contributed by atoms with van der Waals surface area (Å²) < 4.78 is 44.9. The number of nitrogens with one attached hydrogen (secondary N) is 1. The van der Waals surface area contributed by atoms with Crippen LogP contribution in [0.4, 0.5) is 13.2 Å². The van der Waals surface area contributed by atoms with Crippen molar-refractivity contribution >= 4 is 17.5 Å². The van der Waals surface area contributed by atoms with Gasteiger partial charge in [0.1, 0.15) is 0 Å². The summed E-state index contributed by atoms with van der Waals surface area (Å²) in [5, 5.41) is 7.13. The van der Waals surface area contributed by atoms with E-state index in [1.54, 1.807) is 24.3 Å². The molecule has 0 spiro atoms. The van der Waals surface area contributed by atoms with Gasteiger partial charge in [-0.05, 0) is 42.0 Å². The Morgan fingerprint density at radius 1 is 1.09 bits per heavy atom. The van der Waals surface area contributed by atoms with Crippen molar-refractivity contribution in [2.24, 2.45) is 0 Å². The Kier molecular flexibility index (Phi) is 7.02. The third-order valence-corrected chi connectivity index (χ3v) is 5.82. The molecule has 2 aromatic carbocycles. The minimum absolute atomic E-state index is 0.115. The fourth-order valence-corrected chi connectivity index (χ4v) is 4.01. The Morgan fingerprint density at radius 3 is 2.42 bits per heavy atom. The predicted molar refractivity (Wildman–Crippen MR) is 117 cm³/mol. The van der Waals surface area contributed by atoms with Gasteiger partial charge in [-0.1, -0.05) is 29.8 Å². The summed E-state index contributed by atoms with van der Waals surface area (Å²) in [6, 6.07) is 14.5. The minimum Gasteiger partial charge on any atom is -0.379 e. The molecule has 174 valence electrons. The highest BCUT2D eigenvalue weighted by Crippen LogP contribution is 2.29. The maximum atomic E-state index is 12.8. The van der Waals surface area contributed by atoms with Gasteiger partial charge in [-0.3, -0.25) is 9.69 Å². The molecular formula is C23H22ClF3N4O2. The number of morpholine rings is 1. The SMILES string of the molecule is O=C(NCC(c1ccccc1Cl)N1CCOCC1)c1ccc(-n2ccc(C(F)(F)F)n2)cc1. The fourth-order valence-electron chi connectivity index (χ4n) is 3.75. The molecular weight excluding hydrogens is 457 g/mol. The molecule has 1 saturated heterocycles. The summed E-state index contributed by atoms with van der Waals surface area (Å²) in [6.07, 6.45) is -3.28. The molecule has 1 aromatic heterocycles. The third kappa shape index (κ3) is 5.55. The van der Waals surface area contributed by atoms with Gasteiger partial charge in [0, 0.05) is 36.4 Å². The second-order valence-corrected chi connectivity index (χ2v) is 7.99. The molecule has 0 aliphatic carbocycles. The van der Waals surface area contributed by atoms with Crippen LogP contribution in [0.2, 0.25) is 5.02 Å². The van der Waals surface area contributed by atoms with Crippen molar-refractivity contribution in [1.29, 1.82) is 0 Å². The van der Waals surface area contributed by atoms with Crippen LogP contribution in [0.1, 0.15) is 27.7 Å². The molecule has 2 heterocycles. The predicted octanol–water partition coefficient (Wildman–Crippen LogP) is 4.35. The first kappa shape index (κ1) is 23.3. The summed E-state index contributed by atoms with van der Waals surface area (Å²) >= 11 is 6.43. The lowest BCUT2D eigenvalue weighted by molar-refractivity contribution is -0.141. The second kappa shape index (κ2) is 9.94. The minimum atomic E-state index is -4.51. The first-order valence-corrected chi connectivity index (χ1v) is 10.8. The number of hydrogen-bond donors (Lipinski definition) is 1. The highest BCUT2D eigenvalue weighted by Gasteiger charge is 2.33. The van der Waals surface area contributed by atoms with Crippen LogP contribution >= 0.6 is 11.6 Å². The van der Waals surface area contributed by atoms with Gasteiger partial charge in [0.25, 0.3) is 5.91 Å². The number of rotatable bonds is 6. The van der Waals surface area contributed by atoms with E-state index >= 15 is 0 Å². The number of carbonyl (C=O) groups excluding carboxylic acids is 1. The summed E-state index contributed by atoms with van der Waals surface area (Å²) in [5.74, 6) is -0.289. The van der Waals surface area contributed by atoms with Crippen LogP contribution in [0, 0.1) is 0 Å². The van der Waals surface area contributed by atoms with E-state index in [2.05, 4.69) is 15.3 Å². The van der Waals surface area contributed by atoms with Gasteiger partial charge in [0.15, 0.2) is 5.69 Å². The van der Waals surface area contributed by atoms with E-state index in [0.717, 1.165) is 29.4 Å². The number of amides is 1. The number of halogens is 4. The van der Waals surface area contributed by atoms with Crippen LogP contribution < -0.4 is 5.32 Å². The first-order chi connectivity index (χ1) is 15.8. The molecule has 4 rings (SSSR count). The Balaban J connectivity index is 1.45. The Bertz CT molecular complexity index is 1100. The largest absolute Gasteiger partial charge is 0.435 e. The van der Waals surface area contributed by atoms with Crippen molar-refractivity contribution in [3.63, 3.8) is 0 Å². The van der Waals surface area contributed by atoms with Crippen LogP contribution in [0.5, 0.6) is 0 Å². The zero-order valence-electron chi connectivity index (χ0n) is 17.6. The van der Waals surface area contributed by atoms with Crippen molar-refractivity contribution in [3.05, 3.63) is 82.6 Å². The van der Waals surface area contributed by atoms with Crippen molar-refractivity contribution < 1.29 is 22.7 Å². The number of aromatic nitrogens is 2. The van der Waals surface area contributed by atoms with E-state index in [4.69, 9.17) is 16.3 Å². The normalized spacial score (nSPS) is 15.9. The molecule has 33 heavy (non-hydrogen) atoms. The Labute approximate surface area is 193 Å². The standard InChI is InChI=1S/C23H22ClF3N4O2/c24-19-4-2-1-3-18(19)20(30-11-13-33-14-12-30)15-28-22(32)16-5-7-17(8-6-16)31-10-9-21(29-31)23(25,26)27/h1-10,20H,11-15H2,(H,28,32). The molecule has 1 aliphatic heterocycles. The molecule has 6 nitrogen and oxygen atoms in total. The quantitative estimate of drug-likeness (QED) is 0.572. The van der Waals surface area contributed by atoms with Crippen LogP contribution in [0.15, 0.2) is 60.8 Å². The molecule has 0 bridgehead atoms. The maximum absolute atomic E-state index is 12.8. The van der Waals surface area contributed by atoms with Gasteiger partial charge in [-0.2, -0.15) is 18.3 Å². The van der Waals surface area contributed by atoms with E-state index in [1.807, 2.05) is 24.3 Å². The van der Waals surface area contributed by atoms with E-state index in [1.165, 1.54) is 6.20 Å². The second-order valence-electron chi connectivity index (χ2n) is 7.59. The summed E-state index contributed by atoms with van der Waals surface area (Å²) in [5.41, 5.74) is 0.764. The van der Waals surface area contributed by atoms with Crippen molar-refractivity contribution in [2.45, 2.75) is 12.2 Å². The monoisotopic (exact) mass is 478 g/mol. The summed E-state index contributed by atoms with van der Waals surface area (Å²) in [6.45, 7) is 3.02. The van der Waals surface area contributed by atoms with Crippen molar-refractivity contribution in [1.82, 2.24) is 20.0 Å². The molecule has 1 fully saturated rings.